The average Bonchev–Trinajstić information content (AvgIpc) is 2.11. The number of aliphatic imine (C=N–C) groups is 1. The first-order chi connectivity index (χ1) is 5.79. The van der Waals surface area contributed by atoms with E-state index in [0.717, 1.165) is 12.8 Å². The molecule has 0 bridgehead atoms. The largest absolute Gasteiger partial charge is 0.228 e. The van der Waals surface area contributed by atoms with E-state index in [9.17, 15) is 0 Å². The first-order valence-electron chi connectivity index (χ1n) is 3.91. The second kappa shape index (κ2) is 7.30. The zero-order valence-electron chi connectivity index (χ0n) is 7.28. The molecule has 66 valence electrons. The lowest BCUT2D eigenvalue weighted by Gasteiger charge is -2.15. The number of thioether (sulfide) groups is 1. The first kappa shape index (κ1) is 11.6. The molecule has 0 aromatic heterocycles. The molecule has 0 aliphatic carbocycles. The van der Waals surface area contributed by atoms with E-state index in [1.54, 1.807) is 0 Å². The summed E-state index contributed by atoms with van der Waals surface area (Å²) in [5.74, 6) is 0. The average molecular weight is 200 g/mol. The quantitative estimate of drug-likeness (QED) is 0.389. The van der Waals surface area contributed by atoms with Crippen LogP contribution >= 0.6 is 24.0 Å². The van der Waals surface area contributed by atoms with Crippen molar-refractivity contribution in [2.45, 2.75) is 38.0 Å². The van der Waals surface area contributed by atoms with Crippen molar-refractivity contribution in [3.63, 3.8) is 0 Å². The van der Waals surface area contributed by atoms with Crippen LogP contribution in [0.15, 0.2) is 4.99 Å². The van der Waals surface area contributed by atoms with Crippen molar-refractivity contribution >= 4 is 29.1 Å². The molecule has 0 N–H and O–H groups in total. The summed E-state index contributed by atoms with van der Waals surface area (Å²) in [7, 11) is 0. The van der Waals surface area contributed by atoms with Crippen LogP contribution in [0.5, 0.6) is 0 Å². The van der Waals surface area contributed by atoms with E-state index in [-0.39, 0.29) is 11.3 Å². The second-order valence-corrected chi connectivity index (χ2v) is 3.56. The van der Waals surface area contributed by atoms with Crippen molar-refractivity contribution in [3.05, 3.63) is 0 Å². The Balaban J connectivity index is 4.23. The van der Waals surface area contributed by atoms with Gasteiger partial charge in [-0.3, -0.25) is 0 Å². The number of nitrogens with zero attached hydrogens (tertiary/aromatic N) is 2. The fraction of sp³-hybridized carbons (Fsp3) is 0.750. The molecule has 0 aliphatic rings. The van der Waals surface area contributed by atoms with E-state index in [0.29, 0.717) is 0 Å². The summed E-state index contributed by atoms with van der Waals surface area (Å²) < 4.78 is 0. The zero-order chi connectivity index (χ0) is 9.40. The molecule has 0 aromatic carbocycles. The minimum Gasteiger partial charge on any atom is -0.228 e. The maximum atomic E-state index is 8.51. The summed E-state index contributed by atoms with van der Waals surface area (Å²) in [5, 5.41) is 13.2. The van der Waals surface area contributed by atoms with Gasteiger partial charge in [-0.1, -0.05) is 13.8 Å². The summed E-state index contributed by atoms with van der Waals surface area (Å²) in [5.41, 5.74) is 0. The Morgan fingerprint density at radius 1 is 1.50 bits per heavy atom. The van der Waals surface area contributed by atoms with Crippen LogP contribution in [0, 0.1) is 10.7 Å². The third-order valence-corrected chi connectivity index (χ3v) is 2.83. The lowest BCUT2D eigenvalue weighted by molar-refractivity contribution is 0.609. The minimum atomic E-state index is 0.150. The Bertz CT molecular complexity index is 204. The SMILES string of the molecule is CC[C@H](N=C=S)[C@H](CC)SC#N. The molecule has 2 nitrogen and oxygen atoms in total. The van der Waals surface area contributed by atoms with Gasteiger partial charge in [0.1, 0.15) is 5.40 Å². The third-order valence-electron chi connectivity index (χ3n) is 1.67. The van der Waals surface area contributed by atoms with Crippen LogP contribution in [0.3, 0.4) is 0 Å². The van der Waals surface area contributed by atoms with Gasteiger partial charge in [0.2, 0.25) is 0 Å². The zero-order valence-corrected chi connectivity index (χ0v) is 8.91. The van der Waals surface area contributed by atoms with E-state index in [4.69, 9.17) is 5.26 Å². The van der Waals surface area contributed by atoms with E-state index in [2.05, 4.69) is 34.7 Å². The number of rotatable bonds is 5. The highest BCUT2D eigenvalue weighted by Crippen LogP contribution is 2.21. The van der Waals surface area contributed by atoms with Crippen molar-refractivity contribution in [2.75, 3.05) is 0 Å². The van der Waals surface area contributed by atoms with Crippen molar-refractivity contribution in [1.82, 2.24) is 0 Å². The third kappa shape index (κ3) is 3.87. The molecule has 0 aromatic rings. The Labute approximate surface area is 83.1 Å². The Hall–Kier alpha value is -0.360. The summed E-state index contributed by atoms with van der Waals surface area (Å²) in [4.78, 5) is 4.03. The highest BCUT2D eigenvalue weighted by molar-refractivity contribution is 8.04. The maximum absolute atomic E-state index is 8.51. The van der Waals surface area contributed by atoms with Crippen LogP contribution < -0.4 is 0 Å². The van der Waals surface area contributed by atoms with E-state index < -0.39 is 0 Å². The maximum Gasteiger partial charge on any atom is 0.133 e. The van der Waals surface area contributed by atoms with Crippen LogP contribution in [-0.2, 0) is 0 Å². The molecule has 4 heteroatoms. The van der Waals surface area contributed by atoms with Gasteiger partial charge in [-0.25, -0.2) is 4.99 Å². The highest BCUT2D eigenvalue weighted by Gasteiger charge is 2.17. The van der Waals surface area contributed by atoms with Gasteiger partial charge >= 0.3 is 0 Å². The van der Waals surface area contributed by atoms with Crippen molar-refractivity contribution < 1.29 is 0 Å². The van der Waals surface area contributed by atoms with E-state index >= 15 is 0 Å². The topological polar surface area (TPSA) is 36.1 Å². The van der Waals surface area contributed by atoms with Gasteiger partial charge in [-0.15, -0.1) is 0 Å². The summed E-state index contributed by atoms with van der Waals surface area (Å²) >= 11 is 5.81. The van der Waals surface area contributed by atoms with E-state index in [1.165, 1.54) is 11.8 Å². The molecule has 0 heterocycles. The van der Waals surface area contributed by atoms with Gasteiger partial charge in [0.25, 0.3) is 0 Å². The molecule has 0 rings (SSSR count). The van der Waals surface area contributed by atoms with Gasteiger partial charge in [-0.05, 0) is 36.8 Å². The number of thiocarbonyl (C=S) groups is 1. The van der Waals surface area contributed by atoms with Crippen LogP contribution in [0.2, 0.25) is 0 Å². The number of nitriles is 1. The molecular formula is C8H12N2S2. The molecule has 0 amide bonds. The normalized spacial score (nSPS) is 14.1. The molecule has 2 atom stereocenters. The summed E-state index contributed by atoms with van der Waals surface area (Å²) in [6.07, 6.45) is 1.86. The van der Waals surface area contributed by atoms with Crippen molar-refractivity contribution in [1.29, 1.82) is 5.26 Å². The lowest BCUT2D eigenvalue weighted by Crippen LogP contribution is -2.18. The second-order valence-electron chi connectivity index (χ2n) is 2.35. The van der Waals surface area contributed by atoms with Crippen LogP contribution in [0.25, 0.3) is 0 Å². The Morgan fingerprint density at radius 3 is 2.50 bits per heavy atom. The number of thiocyanates is 1. The lowest BCUT2D eigenvalue weighted by atomic mass is 10.1. The molecule has 0 spiro atoms. The summed E-state index contributed by atoms with van der Waals surface area (Å²) in [6, 6.07) is 0.150. The fourth-order valence-corrected chi connectivity index (χ4v) is 1.85. The molecule has 0 unspecified atom stereocenters. The molecule has 0 aliphatic heterocycles. The standard InChI is InChI=1S/C8H12N2S2/c1-3-7(10-6-11)8(4-2)12-5-9/h7-8H,3-4H2,1-2H3/t7-,8-/m0/s1. The monoisotopic (exact) mass is 200 g/mol. The van der Waals surface area contributed by atoms with Crippen LogP contribution in [-0.4, -0.2) is 16.5 Å². The summed E-state index contributed by atoms with van der Waals surface area (Å²) in [6.45, 7) is 4.10. The fourth-order valence-electron chi connectivity index (χ4n) is 1.01. The predicted octanol–water partition coefficient (Wildman–Crippen LogP) is 2.86. The van der Waals surface area contributed by atoms with Gasteiger partial charge in [0, 0.05) is 5.25 Å². The molecule has 0 radical (unpaired) electrons. The Morgan fingerprint density at radius 2 is 2.17 bits per heavy atom. The predicted molar refractivity (Wildman–Crippen MR) is 56.4 cm³/mol. The highest BCUT2D eigenvalue weighted by atomic mass is 32.2. The minimum absolute atomic E-state index is 0.150. The molecule has 0 saturated carbocycles. The number of isothiocyanates is 1. The first-order valence-corrected chi connectivity index (χ1v) is 5.20. The Kier molecular flexibility index (Phi) is 7.08. The van der Waals surface area contributed by atoms with Crippen LogP contribution in [0.4, 0.5) is 0 Å². The van der Waals surface area contributed by atoms with Crippen molar-refractivity contribution in [3.8, 4) is 5.40 Å². The van der Waals surface area contributed by atoms with Gasteiger partial charge < -0.3 is 0 Å². The van der Waals surface area contributed by atoms with Crippen molar-refractivity contribution in [2.24, 2.45) is 4.99 Å². The van der Waals surface area contributed by atoms with Crippen LogP contribution in [0.1, 0.15) is 26.7 Å². The van der Waals surface area contributed by atoms with Gasteiger partial charge in [0.05, 0.1) is 11.2 Å². The smallest absolute Gasteiger partial charge is 0.133 e. The van der Waals surface area contributed by atoms with Gasteiger partial charge in [-0.2, -0.15) is 5.26 Å². The molecular weight excluding hydrogens is 188 g/mol. The molecule has 0 fully saturated rings. The molecule has 12 heavy (non-hydrogen) atoms. The van der Waals surface area contributed by atoms with E-state index in [1.807, 2.05) is 6.92 Å². The number of hydrogen-bond acceptors (Lipinski definition) is 4. The number of hydrogen-bond donors (Lipinski definition) is 0. The molecule has 0 saturated heterocycles. The van der Waals surface area contributed by atoms with Gasteiger partial charge in [0.15, 0.2) is 0 Å².